The Morgan fingerprint density at radius 2 is 2.38 bits per heavy atom. The highest BCUT2D eigenvalue weighted by atomic mass is 32.1. The normalized spacial score (nSPS) is 13.2. The molecule has 0 aliphatic rings. The van der Waals surface area contributed by atoms with Crippen molar-refractivity contribution in [2.75, 3.05) is 6.61 Å². The van der Waals surface area contributed by atoms with Crippen LogP contribution in [0.3, 0.4) is 0 Å². The molecule has 0 aromatic heterocycles. The molecule has 0 radical (unpaired) electrons. The molecule has 1 atom stereocenters. The van der Waals surface area contributed by atoms with E-state index in [1.807, 2.05) is 6.92 Å². The molecule has 0 saturated heterocycles. The average molecular weight is 133 g/mol. The zero-order valence-corrected chi connectivity index (χ0v) is 5.74. The van der Waals surface area contributed by atoms with E-state index >= 15 is 0 Å². The van der Waals surface area contributed by atoms with Crippen LogP contribution in [0, 0.1) is 5.92 Å². The molecule has 0 aliphatic carbocycles. The van der Waals surface area contributed by atoms with Crippen LogP contribution in [0.2, 0.25) is 0 Å². The minimum atomic E-state index is 0.165. The average Bonchev–Trinajstić information content (AvgIpc) is 1.67. The van der Waals surface area contributed by atoms with Crippen molar-refractivity contribution in [3.05, 3.63) is 0 Å². The van der Waals surface area contributed by atoms with Crippen molar-refractivity contribution >= 4 is 17.2 Å². The van der Waals surface area contributed by atoms with Gasteiger partial charge in [-0.1, -0.05) is 19.1 Å². The fourth-order valence-corrected chi connectivity index (χ4v) is 0.454. The molecule has 1 unspecified atom stereocenters. The van der Waals surface area contributed by atoms with Gasteiger partial charge in [0.2, 0.25) is 0 Å². The highest BCUT2D eigenvalue weighted by Gasteiger charge is 2.01. The second-order valence-electron chi connectivity index (χ2n) is 1.82. The molecule has 48 valence electrons. The minimum absolute atomic E-state index is 0.165. The third-order valence-corrected chi connectivity index (χ3v) is 1.45. The van der Waals surface area contributed by atoms with Crippen LogP contribution < -0.4 is 5.73 Å². The van der Waals surface area contributed by atoms with Crippen LogP contribution in [0.15, 0.2) is 0 Å². The van der Waals surface area contributed by atoms with Crippen LogP contribution >= 0.6 is 12.2 Å². The topological polar surface area (TPSA) is 46.2 Å². The molecule has 0 rings (SSSR count). The van der Waals surface area contributed by atoms with Gasteiger partial charge < -0.3 is 10.8 Å². The molecule has 0 aliphatic heterocycles. The van der Waals surface area contributed by atoms with Crippen molar-refractivity contribution in [2.24, 2.45) is 11.7 Å². The van der Waals surface area contributed by atoms with Crippen molar-refractivity contribution in [2.45, 2.75) is 13.3 Å². The highest BCUT2D eigenvalue weighted by Crippen LogP contribution is 1.98. The zero-order chi connectivity index (χ0) is 6.57. The Labute approximate surface area is 54.7 Å². The third kappa shape index (κ3) is 2.93. The van der Waals surface area contributed by atoms with E-state index in [0.717, 1.165) is 0 Å². The van der Waals surface area contributed by atoms with Gasteiger partial charge in [-0.3, -0.25) is 0 Å². The van der Waals surface area contributed by atoms with Gasteiger partial charge in [-0.15, -0.1) is 0 Å². The molecule has 0 aromatic rings. The standard InChI is InChI=1S/C5H11NOS/c1-4(2-3-7)5(6)8/h4,7H,2-3H2,1H3,(H2,6,8). The van der Waals surface area contributed by atoms with Crippen molar-refractivity contribution < 1.29 is 5.11 Å². The van der Waals surface area contributed by atoms with E-state index in [1.54, 1.807) is 0 Å². The molecular formula is C5H11NOS. The smallest absolute Gasteiger partial charge is 0.0756 e. The summed E-state index contributed by atoms with van der Waals surface area (Å²) in [5.74, 6) is 0.176. The number of aliphatic hydroxyl groups excluding tert-OH is 1. The lowest BCUT2D eigenvalue weighted by Crippen LogP contribution is -2.18. The molecule has 0 bridgehead atoms. The third-order valence-electron chi connectivity index (χ3n) is 1.05. The first kappa shape index (κ1) is 7.85. The number of aliphatic hydroxyl groups is 1. The van der Waals surface area contributed by atoms with Crippen molar-refractivity contribution in [3.63, 3.8) is 0 Å². The van der Waals surface area contributed by atoms with E-state index in [1.165, 1.54) is 0 Å². The Bertz CT molecular complexity index is 84.5. The van der Waals surface area contributed by atoms with Gasteiger partial charge >= 0.3 is 0 Å². The summed E-state index contributed by atoms with van der Waals surface area (Å²) in [6.45, 7) is 2.07. The van der Waals surface area contributed by atoms with Gasteiger partial charge in [0.1, 0.15) is 0 Å². The van der Waals surface area contributed by atoms with Crippen molar-refractivity contribution in [1.29, 1.82) is 0 Å². The lowest BCUT2D eigenvalue weighted by molar-refractivity contribution is 0.277. The lowest BCUT2D eigenvalue weighted by atomic mass is 10.1. The van der Waals surface area contributed by atoms with Crippen molar-refractivity contribution in [1.82, 2.24) is 0 Å². The highest BCUT2D eigenvalue weighted by molar-refractivity contribution is 7.80. The van der Waals surface area contributed by atoms with Crippen LogP contribution in [0.25, 0.3) is 0 Å². The molecule has 2 nitrogen and oxygen atoms in total. The fourth-order valence-electron chi connectivity index (χ4n) is 0.336. The largest absolute Gasteiger partial charge is 0.396 e. The molecule has 0 fully saturated rings. The van der Waals surface area contributed by atoms with Gasteiger partial charge in [0, 0.05) is 12.5 Å². The van der Waals surface area contributed by atoms with Crippen LogP contribution in [0.4, 0.5) is 0 Å². The quantitative estimate of drug-likeness (QED) is 0.544. The Kier molecular flexibility index (Phi) is 3.73. The number of hydrogen-bond donors (Lipinski definition) is 2. The number of thiocarbonyl (C=S) groups is 1. The summed E-state index contributed by atoms with van der Waals surface area (Å²) in [5.41, 5.74) is 5.24. The van der Waals surface area contributed by atoms with Gasteiger partial charge in [-0.05, 0) is 6.42 Å². The van der Waals surface area contributed by atoms with E-state index in [0.29, 0.717) is 11.4 Å². The molecule has 0 heterocycles. The van der Waals surface area contributed by atoms with E-state index in [4.69, 9.17) is 10.8 Å². The van der Waals surface area contributed by atoms with E-state index in [-0.39, 0.29) is 12.5 Å². The first-order valence-corrected chi connectivity index (χ1v) is 2.99. The fraction of sp³-hybridized carbons (Fsp3) is 0.800. The summed E-state index contributed by atoms with van der Waals surface area (Å²) < 4.78 is 0. The first-order valence-electron chi connectivity index (χ1n) is 2.58. The van der Waals surface area contributed by atoms with Crippen LogP contribution in [-0.2, 0) is 0 Å². The summed E-state index contributed by atoms with van der Waals surface area (Å²) >= 11 is 4.65. The molecule has 0 saturated carbocycles. The van der Waals surface area contributed by atoms with Crippen molar-refractivity contribution in [3.8, 4) is 0 Å². The number of nitrogens with two attached hydrogens (primary N) is 1. The number of rotatable bonds is 3. The molecule has 0 spiro atoms. The Morgan fingerprint density at radius 1 is 1.88 bits per heavy atom. The summed E-state index contributed by atoms with van der Waals surface area (Å²) in [6, 6.07) is 0. The van der Waals surface area contributed by atoms with E-state index < -0.39 is 0 Å². The monoisotopic (exact) mass is 133 g/mol. The summed E-state index contributed by atoms with van der Waals surface area (Å²) in [7, 11) is 0. The van der Waals surface area contributed by atoms with E-state index in [9.17, 15) is 0 Å². The van der Waals surface area contributed by atoms with Gasteiger partial charge in [-0.25, -0.2) is 0 Å². The van der Waals surface area contributed by atoms with Gasteiger partial charge in [0.05, 0.1) is 4.99 Å². The maximum absolute atomic E-state index is 8.37. The van der Waals surface area contributed by atoms with Gasteiger partial charge in [0.15, 0.2) is 0 Å². The maximum Gasteiger partial charge on any atom is 0.0756 e. The molecule has 3 heteroatoms. The summed E-state index contributed by atoms with van der Waals surface area (Å²) in [5, 5.41) is 8.37. The molecule has 8 heavy (non-hydrogen) atoms. The van der Waals surface area contributed by atoms with E-state index in [2.05, 4.69) is 12.2 Å². The van der Waals surface area contributed by atoms with Gasteiger partial charge in [0.25, 0.3) is 0 Å². The second-order valence-corrected chi connectivity index (χ2v) is 2.29. The SMILES string of the molecule is CC(CCO)C(N)=S. The van der Waals surface area contributed by atoms with Crippen LogP contribution in [0.1, 0.15) is 13.3 Å². The first-order chi connectivity index (χ1) is 3.68. The summed E-state index contributed by atoms with van der Waals surface area (Å²) in [6.07, 6.45) is 0.676. The van der Waals surface area contributed by atoms with Crippen LogP contribution in [0.5, 0.6) is 0 Å². The molecule has 0 amide bonds. The zero-order valence-electron chi connectivity index (χ0n) is 4.92. The Balaban J connectivity index is 3.32. The van der Waals surface area contributed by atoms with Gasteiger partial charge in [-0.2, -0.15) is 0 Å². The minimum Gasteiger partial charge on any atom is -0.396 e. The Hall–Kier alpha value is -0.150. The van der Waals surface area contributed by atoms with Crippen LogP contribution in [-0.4, -0.2) is 16.7 Å². The predicted octanol–water partition coefficient (Wildman–Crippen LogP) is 0.291. The Morgan fingerprint density at radius 3 is 2.50 bits per heavy atom. The molecular weight excluding hydrogens is 122 g/mol. The molecule has 3 N–H and O–H groups in total. The predicted molar refractivity (Wildman–Crippen MR) is 37.7 cm³/mol. The summed E-state index contributed by atoms with van der Waals surface area (Å²) in [4.78, 5) is 0.485. The molecule has 0 aromatic carbocycles. The number of hydrogen-bond acceptors (Lipinski definition) is 2. The second kappa shape index (κ2) is 3.80. The maximum atomic E-state index is 8.37. The lowest BCUT2D eigenvalue weighted by Gasteiger charge is -2.04.